The van der Waals surface area contributed by atoms with Crippen molar-refractivity contribution in [2.75, 3.05) is 6.26 Å². The Bertz CT molecular complexity index is 530. The molecule has 0 unspecified atom stereocenters. The molecule has 1 nitrogen and oxygen atoms in total. The molecule has 0 amide bonds. The van der Waals surface area contributed by atoms with E-state index in [2.05, 4.69) is 22.0 Å². The van der Waals surface area contributed by atoms with Crippen LogP contribution in [-0.4, -0.2) is 10.5 Å². The second kappa shape index (κ2) is 12.4. The van der Waals surface area contributed by atoms with Gasteiger partial charge in [0.15, 0.2) is 0 Å². The van der Waals surface area contributed by atoms with Crippen molar-refractivity contribution in [1.29, 1.82) is 0 Å². The Morgan fingerprint density at radius 2 is 1.76 bits per heavy atom. The molecule has 0 saturated carbocycles. The van der Waals surface area contributed by atoms with E-state index in [0.29, 0.717) is 9.76 Å². The van der Waals surface area contributed by atoms with Gasteiger partial charge in [0, 0.05) is 4.47 Å². The van der Waals surface area contributed by atoms with Crippen LogP contribution in [0.15, 0.2) is 65.1 Å². The predicted octanol–water partition coefficient (Wildman–Crippen LogP) is 4.32. The number of hydrogen-bond donors (Lipinski definition) is 0. The van der Waals surface area contributed by atoms with Crippen molar-refractivity contribution in [2.45, 2.75) is 0 Å². The zero-order chi connectivity index (χ0) is 14.8. The van der Waals surface area contributed by atoms with Crippen LogP contribution in [0.4, 0.5) is 0 Å². The van der Waals surface area contributed by atoms with Crippen molar-refractivity contribution in [3.8, 4) is 0 Å². The van der Waals surface area contributed by atoms with Gasteiger partial charge < -0.3 is 5.11 Å². The monoisotopic (exact) mass is 566 g/mol. The van der Waals surface area contributed by atoms with Crippen LogP contribution in [0.5, 0.6) is 0 Å². The quantitative estimate of drug-likeness (QED) is 0.234. The van der Waals surface area contributed by atoms with Gasteiger partial charge in [-0.25, -0.2) is 0 Å². The molecule has 0 saturated heterocycles. The van der Waals surface area contributed by atoms with E-state index >= 15 is 0 Å². The molecule has 0 heterocycles. The molecule has 0 aliphatic carbocycles. The first-order valence-corrected chi connectivity index (χ1v) is 8.19. The van der Waals surface area contributed by atoms with Crippen molar-refractivity contribution in [1.82, 2.24) is 0 Å². The van der Waals surface area contributed by atoms with Gasteiger partial charge in [-0.05, 0) is 36.1 Å². The first kappa shape index (κ1) is 20.8. The number of benzene rings is 2. The number of thioether (sulfide) groups is 1. The second-order valence-electron chi connectivity index (χ2n) is 3.62. The average molecular weight is 566 g/mol. The minimum absolute atomic E-state index is 0. The van der Waals surface area contributed by atoms with Gasteiger partial charge in [-0.15, -0.1) is 11.8 Å². The van der Waals surface area contributed by atoms with E-state index in [1.165, 1.54) is 17.8 Å². The van der Waals surface area contributed by atoms with Crippen molar-refractivity contribution in [3.63, 3.8) is 0 Å². The van der Waals surface area contributed by atoms with E-state index in [9.17, 15) is 5.11 Å². The van der Waals surface area contributed by atoms with E-state index in [4.69, 9.17) is 12.2 Å². The van der Waals surface area contributed by atoms with Crippen LogP contribution in [0, 0.1) is 6.07 Å². The Morgan fingerprint density at radius 3 is 2.14 bits per heavy atom. The van der Waals surface area contributed by atoms with Crippen LogP contribution >= 0.6 is 39.9 Å². The first-order valence-electron chi connectivity index (χ1n) is 5.77. The van der Waals surface area contributed by atoms with Crippen molar-refractivity contribution < 1.29 is 32.8 Å². The van der Waals surface area contributed by atoms with Crippen LogP contribution < -0.4 is 5.11 Å². The summed E-state index contributed by atoms with van der Waals surface area (Å²) in [5, 5.41) is 11.6. The molecule has 0 N–H and O–H groups in total. The fraction of sp³-hybridized carbons (Fsp3) is 0.0625. The van der Waals surface area contributed by atoms with Gasteiger partial charge in [0.05, 0.1) is 4.20 Å². The molecular weight excluding hydrogens is 553 g/mol. The molecule has 21 heavy (non-hydrogen) atoms. The van der Waals surface area contributed by atoms with Crippen LogP contribution in [0.1, 0.15) is 5.56 Å². The van der Waals surface area contributed by atoms with E-state index in [1.807, 2.05) is 48.7 Å². The topological polar surface area (TPSA) is 23.1 Å². The predicted molar refractivity (Wildman–Crippen MR) is 93.5 cm³/mol. The summed E-state index contributed by atoms with van der Waals surface area (Å²) < 4.78 is 1.57. The van der Waals surface area contributed by atoms with Crippen LogP contribution in [-0.2, 0) is 27.7 Å². The zero-order valence-corrected chi connectivity index (χ0v) is 20.3. The van der Waals surface area contributed by atoms with Crippen molar-refractivity contribution in [2.24, 2.45) is 0 Å². The van der Waals surface area contributed by atoms with Crippen LogP contribution in [0.3, 0.4) is 0 Å². The molecule has 0 spiro atoms. The summed E-state index contributed by atoms with van der Waals surface area (Å²) >= 11 is 9.64. The Balaban J connectivity index is 0.000000480. The fourth-order valence-electron chi connectivity index (χ4n) is 1.21. The molecule has 0 atom stereocenters. The number of hydrogen-bond acceptors (Lipinski definition) is 3. The SMILES string of the molecule is CSC(=S)C=C([O-])c1ccc(Br)cc1.[Hg+].[c]1ccccc1. The molecule has 0 aliphatic rings. The van der Waals surface area contributed by atoms with Gasteiger partial charge in [0.25, 0.3) is 0 Å². The van der Waals surface area contributed by atoms with Gasteiger partial charge in [-0.1, -0.05) is 76.4 Å². The third-order valence-corrected chi connectivity index (χ3v) is 3.85. The summed E-state index contributed by atoms with van der Waals surface area (Å²) in [6.07, 6.45) is 3.33. The maximum Gasteiger partial charge on any atom is 1.00 e. The maximum atomic E-state index is 11.6. The first-order chi connectivity index (χ1) is 9.63. The third kappa shape index (κ3) is 9.45. The molecule has 2 radical (unpaired) electrons. The Labute approximate surface area is 164 Å². The standard InChI is InChI=1S/C10H9BrOS2.C6H5.Hg/c1-14-10(13)6-9(12)7-2-4-8(11)5-3-7;1-2-4-6-5-3-1;/h2-6,12H,1H3;1-5H;/q;;+1/p-1. The third-order valence-electron chi connectivity index (χ3n) is 2.19. The van der Waals surface area contributed by atoms with E-state index < -0.39 is 0 Å². The fourth-order valence-corrected chi connectivity index (χ4v) is 1.80. The molecule has 2 aromatic carbocycles. The Hall–Kier alpha value is -0.165. The second-order valence-corrected chi connectivity index (χ2v) is 6.08. The summed E-state index contributed by atoms with van der Waals surface area (Å²) in [6.45, 7) is 0. The smallest absolute Gasteiger partial charge is 0.872 e. The van der Waals surface area contributed by atoms with E-state index in [0.717, 1.165) is 4.47 Å². The molecule has 0 bridgehead atoms. The molecule has 0 fully saturated rings. The summed E-state index contributed by atoms with van der Waals surface area (Å²) in [5.74, 6) is -0.0446. The van der Waals surface area contributed by atoms with Gasteiger partial charge in [-0.2, -0.15) is 0 Å². The van der Waals surface area contributed by atoms with Gasteiger partial charge >= 0.3 is 27.7 Å². The van der Waals surface area contributed by atoms with Crippen molar-refractivity contribution >= 4 is 49.9 Å². The maximum absolute atomic E-state index is 11.6. The normalized spacial score (nSPS) is 9.90. The van der Waals surface area contributed by atoms with Gasteiger partial charge in [0.2, 0.25) is 0 Å². The minimum Gasteiger partial charge on any atom is -0.872 e. The van der Waals surface area contributed by atoms with E-state index in [-0.39, 0.29) is 33.4 Å². The Kier molecular flexibility index (Phi) is 12.3. The van der Waals surface area contributed by atoms with Crippen LogP contribution in [0.2, 0.25) is 0 Å². The van der Waals surface area contributed by atoms with Gasteiger partial charge in [0.1, 0.15) is 0 Å². The van der Waals surface area contributed by atoms with Crippen molar-refractivity contribution in [3.05, 3.63) is 76.8 Å². The molecule has 104 valence electrons. The molecule has 0 aliphatic heterocycles. The zero-order valence-electron chi connectivity index (χ0n) is 11.6. The Morgan fingerprint density at radius 1 is 1.19 bits per heavy atom. The molecular formula is C16H13BrHgOS2. The van der Waals surface area contributed by atoms with E-state index in [1.54, 1.807) is 12.1 Å². The minimum atomic E-state index is -0.0446. The summed E-state index contributed by atoms with van der Waals surface area (Å²) in [5.41, 5.74) is 0.657. The summed E-state index contributed by atoms with van der Waals surface area (Å²) in [7, 11) is 0. The molecule has 5 heteroatoms. The molecule has 0 aromatic heterocycles. The summed E-state index contributed by atoms with van der Waals surface area (Å²) in [6, 6.07) is 19.7. The van der Waals surface area contributed by atoms with Gasteiger partial charge in [-0.3, -0.25) is 0 Å². The average Bonchev–Trinajstić information content (AvgIpc) is 2.50. The number of thiocarbonyl (C=S) groups is 1. The summed E-state index contributed by atoms with van der Waals surface area (Å²) in [4.78, 5) is 0. The van der Waals surface area contributed by atoms with Crippen LogP contribution in [0.25, 0.3) is 5.76 Å². The number of halogens is 1. The molecule has 2 aromatic rings. The largest absolute Gasteiger partial charge is 1.00 e. The number of rotatable bonds is 2. The molecule has 2 rings (SSSR count).